The number of aryl methyl sites for hydroxylation is 2. The van der Waals surface area contributed by atoms with E-state index < -0.39 is 0 Å². The highest BCUT2D eigenvalue weighted by Gasteiger charge is 2.15. The first-order valence-corrected chi connectivity index (χ1v) is 7.16. The zero-order valence-electron chi connectivity index (χ0n) is 12.1. The molecule has 1 unspecified atom stereocenters. The zero-order chi connectivity index (χ0) is 14.0. The first-order valence-electron chi connectivity index (χ1n) is 6.34. The lowest BCUT2D eigenvalue weighted by Gasteiger charge is -2.14. The maximum atomic E-state index is 4.66. The molecule has 0 bridgehead atoms. The second-order valence-electron chi connectivity index (χ2n) is 4.83. The summed E-state index contributed by atoms with van der Waals surface area (Å²) in [5.74, 6) is 0. The summed E-state index contributed by atoms with van der Waals surface area (Å²) in [7, 11) is 5.98. The fraction of sp³-hybridized carbons (Fsp3) is 0.538. The van der Waals surface area contributed by atoms with Crippen LogP contribution in [0, 0.1) is 6.92 Å². The Bertz CT molecular complexity index is 545. The van der Waals surface area contributed by atoms with E-state index in [1.807, 2.05) is 31.2 Å². The summed E-state index contributed by atoms with van der Waals surface area (Å²) in [6.45, 7) is 5.06. The van der Waals surface area contributed by atoms with E-state index in [9.17, 15) is 0 Å². The van der Waals surface area contributed by atoms with Crippen molar-refractivity contribution < 1.29 is 0 Å². The molecule has 19 heavy (non-hydrogen) atoms. The predicted molar refractivity (Wildman–Crippen MR) is 79.6 cm³/mol. The van der Waals surface area contributed by atoms with Crippen molar-refractivity contribution in [1.82, 2.24) is 20.1 Å². The molecular formula is C13H21N5S. The number of thiazole rings is 1. The lowest BCUT2D eigenvalue weighted by atomic mass is 10.2. The van der Waals surface area contributed by atoms with Crippen molar-refractivity contribution in [3.63, 3.8) is 0 Å². The number of aromatic nitrogens is 3. The van der Waals surface area contributed by atoms with E-state index in [1.165, 1.54) is 10.4 Å². The van der Waals surface area contributed by atoms with Crippen LogP contribution >= 0.6 is 11.3 Å². The van der Waals surface area contributed by atoms with E-state index in [0.29, 0.717) is 6.04 Å². The number of nitrogens with one attached hydrogen (secondary N) is 1. The average molecular weight is 279 g/mol. The van der Waals surface area contributed by atoms with Crippen LogP contribution in [-0.4, -0.2) is 28.9 Å². The molecule has 0 saturated carbocycles. The molecule has 0 aromatic carbocycles. The molecule has 0 radical (unpaired) electrons. The highest BCUT2D eigenvalue weighted by Crippen LogP contribution is 2.30. The Labute approximate surface area is 118 Å². The van der Waals surface area contributed by atoms with Crippen LogP contribution < -0.4 is 10.2 Å². The molecule has 1 atom stereocenters. The van der Waals surface area contributed by atoms with Crippen LogP contribution in [0.3, 0.4) is 0 Å². The Kier molecular flexibility index (Phi) is 4.21. The van der Waals surface area contributed by atoms with Gasteiger partial charge in [-0.25, -0.2) is 4.98 Å². The normalized spacial score (nSPS) is 12.7. The van der Waals surface area contributed by atoms with Gasteiger partial charge in [-0.2, -0.15) is 5.10 Å². The molecule has 0 aliphatic carbocycles. The third-order valence-electron chi connectivity index (χ3n) is 3.15. The van der Waals surface area contributed by atoms with Crippen LogP contribution in [0.25, 0.3) is 0 Å². The fourth-order valence-electron chi connectivity index (χ4n) is 1.98. The monoisotopic (exact) mass is 279 g/mol. The van der Waals surface area contributed by atoms with Gasteiger partial charge in [-0.05, 0) is 20.9 Å². The molecule has 2 aromatic heterocycles. The minimum absolute atomic E-state index is 0.345. The van der Waals surface area contributed by atoms with Crippen molar-refractivity contribution in [3.05, 3.63) is 28.5 Å². The molecule has 104 valence electrons. The summed E-state index contributed by atoms with van der Waals surface area (Å²) in [5.41, 5.74) is 2.31. The van der Waals surface area contributed by atoms with E-state index in [-0.39, 0.29) is 0 Å². The van der Waals surface area contributed by atoms with Gasteiger partial charge < -0.3 is 10.2 Å². The van der Waals surface area contributed by atoms with Gasteiger partial charge in [0.05, 0.1) is 11.9 Å². The van der Waals surface area contributed by atoms with Crippen molar-refractivity contribution in [2.45, 2.75) is 26.4 Å². The van der Waals surface area contributed by atoms with Crippen LogP contribution in [0.4, 0.5) is 5.13 Å². The van der Waals surface area contributed by atoms with Crippen LogP contribution in [0.5, 0.6) is 0 Å². The Morgan fingerprint density at radius 1 is 1.53 bits per heavy atom. The molecule has 0 amide bonds. The van der Waals surface area contributed by atoms with Crippen molar-refractivity contribution in [2.24, 2.45) is 7.05 Å². The highest BCUT2D eigenvalue weighted by molar-refractivity contribution is 7.15. The predicted octanol–water partition coefficient (Wildman–Crippen LogP) is 2.10. The van der Waals surface area contributed by atoms with Gasteiger partial charge in [0.1, 0.15) is 0 Å². The van der Waals surface area contributed by atoms with Gasteiger partial charge in [0.2, 0.25) is 0 Å². The van der Waals surface area contributed by atoms with Gasteiger partial charge in [-0.1, -0.05) is 0 Å². The third kappa shape index (κ3) is 3.13. The average Bonchev–Trinajstić information content (AvgIpc) is 2.95. The summed E-state index contributed by atoms with van der Waals surface area (Å²) < 4.78 is 1.82. The highest BCUT2D eigenvalue weighted by atomic mass is 32.1. The van der Waals surface area contributed by atoms with E-state index in [4.69, 9.17) is 0 Å². The second-order valence-corrected chi connectivity index (χ2v) is 5.84. The van der Waals surface area contributed by atoms with Crippen LogP contribution in [-0.2, 0) is 13.6 Å². The summed E-state index contributed by atoms with van der Waals surface area (Å²) >= 11 is 1.75. The largest absolute Gasteiger partial charge is 0.347 e. The zero-order valence-corrected chi connectivity index (χ0v) is 13.0. The quantitative estimate of drug-likeness (QED) is 0.910. The third-order valence-corrected chi connectivity index (χ3v) is 4.61. The first kappa shape index (κ1) is 14.0. The number of nitrogens with zero attached hydrogens (tertiary/aromatic N) is 4. The summed E-state index contributed by atoms with van der Waals surface area (Å²) in [4.78, 5) is 8.13. The minimum atomic E-state index is 0.345. The van der Waals surface area contributed by atoms with E-state index in [0.717, 1.165) is 17.4 Å². The molecule has 0 fully saturated rings. The summed E-state index contributed by atoms with van der Waals surface area (Å²) in [5, 5.41) is 8.51. The Balaban J connectivity index is 2.13. The van der Waals surface area contributed by atoms with Crippen molar-refractivity contribution in [3.8, 4) is 0 Å². The summed E-state index contributed by atoms with van der Waals surface area (Å²) in [6.07, 6.45) is 3.93. The molecule has 2 rings (SSSR count). The molecule has 0 saturated heterocycles. The first-order chi connectivity index (χ1) is 9.01. The topological polar surface area (TPSA) is 46.0 Å². The van der Waals surface area contributed by atoms with Crippen LogP contribution in [0.2, 0.25) is 0 Å². The minimum Gasteiger partial charge on any atom is -0.347 e. The van der Waals surface area contributed by atoms with Gasteiger partial charge in [0.15, 0.2) is 5.13 Å². The number of rotatable bonds is 5. The molecule has 6 heteroatoms. The molecule has 1 N–H and O–H groups in total. The van der Waals surface area contributed by atoms with Gasteiger partial charge in [0.25, 0.3) is 0 Å². The molecule has 5 nitrogen and oxygen atoms in total. The van der Waals surface area contributed by atoms with Crippen molar-refractivity contribution in [2.75, 3.05) is 19.0 Å². The Morgan fingerprint density at radius 2 is 2.26 bits per heavy atom. The SMILES string of the molecule is CNC(C)c1sc(N(C)Cc2cnn(C)c2)nc1C. The van der Waals surface area contributed by atoms with Crippen LogP contribution in [0.1, 0.15) is 29.1 Å². The van der Waals surface area contributed by atoms with E-state index >= 15 is 0 Å². The van der Waals surface area contributed by atoms with Crippen LogP contribution in [0.15, 0.2) is 12.4 Å². The Hall–Kier alpha value is -1.40. The number of anilines is 1. The van der Waals surface area contributed by atoms with E-state index in [2.05, 4.69) is 41.2 Å². The number of hydrogen-bond donors (Lipinski definition) is 1. The van der Waals surface area contributed by atoms with Gasteiger partial charge in [-0.3, -0.25) is 4.68 Å². The molecule has 2 heterocycles. The van der Waals surface area contributed by atoms with Crippen molar-refractivity contribution >= 4 is 16.5 Å². The summed E-state index contributed by atoms with van der Waals surface area (Å²) in [6, 6.07) is 0.345. The van der Waals surface area contributed by atoms with Gasteiger partial charge >= 0.3 is 0 Å². The molecule has 0 aliphatic heterocycles. The van der Waals surface area contributed by atoms with Gasteiger partial charge in [0, 0.05) is 43.3 Å². The van der Waals surface area contributed by atoms with E-state index in [1.54, 1.807) is 11.3 Å². The maximum Gasteiger partial charge on any atom is 0.185 e. The van der Waals surface area contributed by atoms with Gasteiger partial charge in [-0.15, -0.1) is 11.3 Å². The number of hydrogen-bond acceptors (Lipinski definition) is 5. The smallest absolute Gasteiger partial charge is 0.185 e. The lowest BCUT2D eigenvalue weighted by Crippen LogP contribution is -2.15. The second kappa shape index (κ2) is 5.71. The molecule has 0 aliphatic rings. The standard InChI is InChI=1S/C13H21N5S/c1-9(14-3)12-10(2)16-13(19-12)17(4)7-11-6-15-18(5)8-11/h6,8-9,14H,7H2,1-5H3. The van der Waals surface area contributed by atoms with Crippen molar-refractivity contribution in [1.29, 1.82) is 0 Å². The maximum absolute atomic E-state index is 4.66. The lowest BCUT2D eigenvalue weighted by molar-refractivity contribution is 0.658. The molecule has 0 spiro atoms. The molecule has 2 aromatic rings. The Morgan fingerprint density at radius 3 is 2.84 bits per heavy atom. The fourth-order valence-corrected chi connectivity index (χ4v) is 3.07. The molecular weight excluding hydrogens is 258 g/mol.